The minimum absolute atomic E-state index is 0.00695. The van der Waals surface area contributed by atoms with Crippen molar-refractivity contribution in [2.24, 2.45) is 5.92 Å². The molecule has 17 heavy (non-hydrogen) atoms. The Bertz CT molecular complexity index is 389. The summed E-state index contributed by atoms with van der Waals surface area (Å²) in [5.41, 5.74) is 7.52. The molecular weight excluding hydrogens is 216 g/mol. The van der Waals surface area contributed by atoms with E-state index in [0.29, 0.717) is 6.61 Å². The average molecular weight is 234 g/mol. The number of ether oxygens (including phenoxy) is 1. The summed E-state index contributed by atoms with van der Waals surface area (Å²) in [5.74, 6) is -0.0713. The number of carbonyl (C=O) groups is 1. The van der Waals surface area contributed by atoms with Crippen LogP contribution in [0.2, 0.25) is 0 Å². The first kappa shape index (κ1) is 11.8. The summed E-state index contributed by atoms with van der Waals surface area (Å²) in [4.78, 5) is 13.8. The summed E-state index contributed by atoms with van der Waals surface area (Å²) in [7, 11) is 0. The SMILES string of the molecule is CCOC(=O)C1CCN(c2ccc(N)cc2)C1. The Balaban J connectivity index is 1.98. The zero-order chi connectivity index (χ0) is 12.3. The highest BCUT2D eigenvalue weighted by molar-refractivity contribution is 5.74. The minimum Gasteiger partial charge on any atom is -0.466 e. The second kappa shape index (κ2) is 5.08. The van der Waals surface area contributed by atoms with Crippen LogP contribution in [0.1, 0.15) is 13.3 Å². The third kappa shape index (κ3) is 2.70. The number of nitrogen functional groups attached to an aromatic ring is 1. The van der Waals surface area contributed by atoms with Crippen molar-refractivity contribution in [3.8, 4) is 0 Å². The van der Waals surface area contributed by atoms with Gasteiger partial charge in [-0.1, -0.05) is 0 Å². The molecule has 1 unspecified atom stereocenters. The van der Waals surface area contributed by atoms with Crippen molar-refractivity contribution >= 4 is 17.3 Å². The summed E-state index contributed by atoms with van der Waals surface area (Å²) < 4.78 is 5.04. The molecule has 4 nitrogen and oxygen atoms in total. The van der Waals surface area contributed by atoms with Gasteiger partial charge in [0, 0.05) is 24.5 Å². The van der Waals surface area contributed by atoms with Crippen LogP contribution in [0.15, 0.2) is 24.3 Å². The molecule has 0 saturated carbocycles. The van der Waals surface area contributed by atoms with Crippen LogP contribution in [0.3, 0.4) is 0 Å². The van der Waals surface area contributed by atoms with Crippen molar-refractivity contribution < 1.29 is 9.53 Å². The Morgan fingerprint density at radius 1 is 1.47 bits per heavy atom. The van der Waals surface area contributed by atoms with E-state index in [1.54, 1.807) is 0 Å². The van der Waals surface area contributed by atoms with E-state index in [2.05, 4.69) is 4.90 Å². The van der Waals surface area contributed by atoms with Crippen molar-refractivity contribution in [3.05, 3.63) is 24.3 Å². The monoisotopic (exact) mass is 234 g/mol. The van der Waals surface area contributed by atoms with Crippen LogP contribution in [-0.2, 0) is 9.53 Å². The van der Waals surface area contributed by atoms with Crippen LogP contribution in [0.25, 0.3) is 0 Å². The number of carbonyl (C=O) groups excluding carboxylic acids is 1. The second-order valence-corrected chi connectivity index (χ2v) is 4.28. The van der Waals surface area contributed by atoms with E-state index >= 15 is 0 Å². The van der Waals surface area contributed by atoms with E-state index in [4.69, 9.17) is 10.5 Å². The zero-order valence-corrected chi connectivity index (χ0v) is 10.1. The zero-order valence-electron chi connectivity index (χ0n) is 10.1. The maximum atomic E-state index is 11.6. The number of rotatable bonds is 3. The van der Waals surface area contributed by atoms with Crippen LogP contribution in [0.4, 0.5) is 11.4 Å². The van der Waals surface area contributed by atoms with E-state index in [1.165, 1.54) is 0 Å². The predicted octanol–water partition coefficient (Wildman–Crippen LogP) is 1.66. The minimum atomic E-state index is -0.0783. The molecule has 0 aliphatic carbocycles. The molecule has 0 aromatic heterocycles. The molecule has 1 fully saturated rings. The molecule has 1 aliphatic heterocycles. The van der Waals surface area contributed by atoms with Gasteiger partial charge in [-0.05, 0) is 37.6 Å². The van der Waals surface area contributed by atoms with Crippen LogP contribution < -0.4 is 10.6 Å². The molecular formula is C13H18N2O2. The lowest BCUT2D eigenvalue weighted by Gasteiger charge is -2.18. The summed E-state index contributed by atoms with van der Waals surface area (Å²) in [6.07, 6.45) is 0.864. The van der Waals surface area contributed by atoms with E-state index in [0.717, 1.165) is 30.9 Å². The lowest BCUT2D eigenvalue weighted by Crippen LogP contribution is -2.24. The predicted molar refractivity (Wildman–Crippen MR) is 67.8 cm³/mol. The van der Waals surface area contributed by atoms with Crippen LogP contribution >= 0.6 is 0 Å². The van der Waals surface area contributed by atoms with E-state index in [-0.39, 0.29) is 11.9 Å². The molecule has 0 radical (unpaired) electrons. The first-order valence-corrected chi connectivity index (χ1v) is 5.98. The van der Waals surface area contributed by atoms with Crippen molar-refractivity contribution in [2.45, 2.75) is 13.3 Å². The van der Waals surface area contributed by atoms with Gasteiger partial charge in [0.05, 0.1) is 12.5 Å². The Labute approximate surface area is 101 Å². The molecule has 4 heteroatoms. The van der Waals surface area contributed by atoms with E-state index in [1.807, 2.05) is 31.2 Å². The number of hydrogen-bond acceptors (Lipinski definition) is 4. The van der Waals surface area contributed by atoms with Gasteiger partial charge in [0.15, 0.2) is 0 Å². The molecule has 1 aliphatic rings. The highest BCUT2D eigenvalue weighted by atomic mass is 16.5. The molecule has 0 bridgehead atoms. The number of esters is 1. The number of hydrogen-bond donors (Lipinski definition) is 1. The fourth-order valence-corrected chi connectivity index (χ4v) is 2.13. The molecule has 92 valence electrons. The van der Waals surface area contributed by atoms with Gasteiger partial charge in [-0.15, -0.1) is 0 Å². The molecule has 1 heterocycles. The summed E-state index contributed by atoms with van der Waals surface area (Å²) in [5, 5.41) is 0. The quantitative estimate of drug-likeness (QED) is 0.638. The number of nitrogens with two attached hydrogens (primary N) is 1. The third-order valence-corrected chi connectivity index (χ3v) is 3.07. The van der Waals surface area contributed by atoms with Crippen molar-refractivity contribution in [3.63, 3.8) is 0 Å². The number of nitrogens with zero attached hydrogens (tertiary/aromatic N) is 1. The Morgan fingerprint density at radius 2 is 2.18 bits per heavy atom. The van der Waals surface area contributed by atoms with Gasteiger partial charge in [-0.3, -0.25) is 4.79 Å². The van der Waals surface area contributed by atoms with Crippen molar-refractivity contribution in [1.82, 2.24) is 0 Å². The summed E-state index contributed by atoms with van der Waals surface area (Å²) >= 11 is 0. The van der Waals surface area contributed by atoms with Crippen molar-refractivity contribution in [1.29, 1.82) is 0 Å². The van der Waals surface area contributed by atoms with Gasteiger partial charge < -0.3 is 15.4 Å². The lowest BCUT2D eigenvalue weighted by atomic mass is 10.1. The molecule has 0 amide bonds. The smallest absolute Gasteiger partial charge is 0.310 e. The van der Waals surface area contributed by atoms with Gasteiger partial charge in [-0.25, -0.2) is 0 Å². The number of anilines is 2. The van der Waals surface area contributed by atoms with E-state index < -0.39 is 0 Å². The fraction of sp³-hybridized carbons (Fsp3) is 0.462. The fourth-order valence-electron chi connectivity index (χ4n) is 2.13. The summed E-state index contributed by atoms with van der Waals surface area (Å²) in [6.45, 7) is 3.93. The molecule has 0 spiro atoms. The lowest BCUT2D eigenvalue weighted by molar-refractivity contribution is -0.147. The van der Waals surface area contributed by atoms with Crippen LogP contribution in [0, 0.1) is 5.92 Å². The van der Waals surface area contributed by atoms with Gasteiger partial charge >= 0.3 is 5.97 Å². The molecule has 2 rings (SSSR count). The molecule has 1 atom stereocenters. The normalized spacial score (nSPS) is 19.4. The largest absolute Gasteiger partial charge is 0.466 e. The van der Waals surface area contributed by atoms with E-state index in [9.17, 15) is 4.79 Å². The Hall–Kier alpha value is -1.71. The van der Waals surface area contributed by atoms with Gasteiger partial charge in [0.1, 0.15) is 0 Å². The number of benzene rings is 1. The highest BCUT2D eigenvalue weighted by Crippen LogP contribution is 2.25. The highest BCUT2D eigenvalue weighted by Gasteiger charge is 2.29. The molecule has 1 aromatic carbocycles. The van der Waals surface area contributed by atoms with Crippen molar-refractivity contribution in [2.75, 3.05) is 30.3 Å². The molecule has 1 saturated heterocycles. The van der Waals surface area contributed by atoms with Gasteiger partial charge in [0.25, 0.3) is 0 Å². The molecule has 2 N–H and O–H groups in total. The Morgan fingerprint density at radius 3 is 2.82 bits per heavy atom. The van der Waals surface area contributed by atoms with Gasteiger partial charge in [0.2, 0.25) is 0 Å². The average Bonchev–Trinajstić information content (AvgIpc) is 2.80. The third-order valence-electron chi connectivity index (χ3n) is 3.07. The standard InChI is InChI=1S/C13H18N2O2/c1-2-17-13(16)10-7-8-15(9-10)12-5-3-11(14)4-6-12/h3-6,10H,2,7-9,14H2,1H3. The molecule has 1 aromatic rings. The second-order valence-electron chi connectivity index (χ2n) is 4.28. The first-order valence-electron chi connectivity index (χ1n) is 5.98. The topological polar surface area (TPSA) is 55.6 Å². The first-order chi connectivity index (χ1) is 8.20. The van der Waals surface area contributed by atoms with Crippen LogP contribution in [0.5, 0.6) is 0 Å². The maximum Gasteiger partial charge on any atom is 0.310 e. The van der Waals surface area contributed by atoms with Gasteiger partial charge in [-0.2, -0.15) is 0 Å². The Kier molecular flexibility index (Phi) is 3.52. The summed E-state index contributed by atoms with van der Waals surface area (Å²) in [6, 6.07) is 7.74. The van der Waals surface area contributed by atoms with Crippen LogP contribution in [-0.4, -0.2) is 25.7 Å². The maximum absolute atomic E-state index is 11.6.